The van der Waals surface area contributed by atoms with E-state index in [1.165, 1.54) is 12.1 Å². The van der Waals surface area contributed by atoms with Crippen LogP contribution < -0.4 is 5.32 Å². The Labute approximate surface area is 87.3 Å². The Hall–Kier alpha value is -1.84. The maximum Gasteiger partial charge on any atom is 0.123 e. The van der Waals surface area contributed by atoms with Crippen LogP contribution in [0, 0.1) is 12.7 Å². The first-order valence-corrected chi connectivity index (χ1v) is 4.74. The van der Waals surface area contributed by atoms with Crippen LogP contribution in [0.3, 0.4) is 0 Å². The number of halogens is 1. The largest absolute Gasteiger partial charge is 0.381 e. The highest BCUT2D eigenvalue weighted by Gasteiger charge is 1.99. The summed E-state index contributed by atoms with van der Waals surface area (Å²) in [6.45, 7) is 2.66. The Morgan fingerprint density at radius 3 is 2.67 bits per heavy atom. The number of H-pyrrole nitrogens is 1. The molecule has 0 amide bonds. The van der Waals surface area contributed by atoms with E-state index in [1.807, 2.05) is 6.92 Å². The van der Waals surface area contributed by atoms with Gasteiger partial charge in [0.1, 0.15) is 5.82 Å². The molecule has 0 aliphatic carbocycles. The van der Waals surface area contributed by atoms with Gasteiger partial charge in [0.2, 0.25) is 0 Å². The van der Waals surface area contributed by atoms with Gasteiger partial charge in [0, 0.05) is 23.5 Å². The number of benzene rings is 1. The molecule has 1 heterocycles. The molecule has 0 fully saturated rings. The maximum absolute atomic E-state index is 12.6. The second kappa shape index (κ2) is 4.13. The summed E-state index contributed by atoms with van der Waals surface area (Å²) in [5.74, 6) is -0.222. The molecule has 0 unspecified atom stereocenters. The number of anilines is 1. The first kappa shape index (κ1) is 9.71. The fourth-order valence-electron chi connectivity index (χ4n) is 1.32. The zero-order valence-electron chi connectivity index (χ0n) is 8.42. The SMILES string of the molecule is Cc1[nH]ncc1CNc1ccc(F)cc1. The number of hydrogen-bond acceptors (Lipinski definition) is 2. The van der Waals surface area contributed by atoms with Crippen molar-refractivity contribution in [3.8, 4) is 0 Å². The lowest BCUT2D eigenvalue weighted by Gasteiger charge is -2.04. The smallest absolute Gasteiger partial charge is 0.123 e. The number of aromatic nitrogens is 2. The summed E-state index contributed by atoms with van der Waals surface area (Å²) >= 11 is 0. The first-order valence-electron chi connectivity index (χ1n) is 4.74. The van der Waals surface area contributed by atoms with Crippen molar-refractivity contribution < 1.29 is 4.39 Å². The number of aryl methyl sites for hydroxylation is 1. The van der Waals surface area contributed by atoms with Gasteiger partial charge in [-0.25, -0.2) is 4.39 Å². The van der Waals surface area contributed by atoms with Crippen LogP contribution in [0.5, 0.6) is 0 Å². The molecule has 0 saturated carbocycles. The van der Waals surface area contributed by atoms with Crippen LogP contribution in [0.2, 0.25) is 0 Å². The third-order valence-electron chi connectivity index (χ3n) is 2.26. The van der Waals surface area contributed by atoms with Crippen molar-refractivity contribution in [2.45, 2.75) is 13.5 Å². The third-order valence-corrected chi connectivity index (χ3v) is 2.26. The molecule has 15 heavy (non-hydrogen) atoms. The molecule has 0 aliphatic rings. The Kier molecular flexibility index (Phi) is 2.67. The molecule has 0 radical (unpaired) electrons. The average Bonchev–Trinajstić information content (AvgIpc) is 2.63. The highest BCUT2D eigenvalue weighted by Crippen LogP contribution is 2.11. The summed E-state index contributed by atoms with van der Waals surface area (Å²) < 4.78 is 12.6. The summed E-state index contributed by atoms with van der Waals surface area (Å²) in [6.07, 6.45) is 1.78. The minimum atomic E-state index is -0.222. The lowest BCUT2D eigenvalue weighted by atomic mass is 10.2. The van der Waals surface area contributed by atoms with Crippen molar-refractivity contribution in [1.29, 1.82) is 0 Å². The molecule has 4 heteroatoms. The van der Waals surface area contributed by atoms with Gasteiger partial charge in [-0.1, -0.05) is 0 Å². The topological polar surface area (TPSA) is 40.7 Å². The predicted octanol–water partition coefficient (Wildman–Crippen LogP) is 2.47. The highest BCUT2D eigenvalue weighted by atomic mass is 19.1. The molecular weight excluding hydrogens is 193 g/mol. The highest BCUT2D eigenvalue weighted by molar-refractivity contribution is 5.43. The van der Waals surface area contributed by atoms with Crippen LogP contribution in [0.4, 0.5) is 10.1 Å². The normalized spacial score (nSPS) is 10.3. The quantitative estimate of drug-likeness (QED) is 0.808. The molecule has 0 aliphatic heterocycles. The van der Waals surface area contributed by atoms with Gasteiger partial charge in [0.05, 0.1) is 6.20 Å². The van der Waals surface area contributed by atoms with E-state index in [2.05, 4.69) is 15.5 Å². The fourth-order valence-corrected chi connectivity index (χ4v) is 1.32. The molecule has 78 valence electrons. The summed E-state index contributed by atoms with van der Waals surface area (Å²) in [7, 11) is 0. The summed E-state index contributed by atoms with van der Waals surface area (Å²) in [6, 6.07) is 6.30. The molecule has 0 bridgehead atoms. The Bertz CT molecular complexity index is 433. The van der Waals surface area contributed by atoms with Gasteiger partial charge >= 0.3 is 0 Å². The molecule has 0 atom stereocenters. The number of aromatic amines is 1. The standard InChI is InChI=1S/C11H12FN3/c1-8-9(7-14-15-8)6-13-11-4-2-10(12)3-5-11/h2-5,7,13H,6H2,1H3,(H,14,15). The van der Waals surface area contributed by atoms with Crippen LogP contribution in [0.25, 0.3) is 0 Å². The van der Waals surface area contributed by atoms with Gasteiger partial charge in [0.25, 0.3) is 0 Å². The Morgan fingerprint density at radius 1 is 1.33 bits per heavy atom. The third kappa shape index (κ3) is 2.34. The molecule has 0 saturated heterocycles. The second-order valence-electron chi connectivity index (χ2n) is 3.38. The predicted molar refractivity (Wildman–Crippen MR) is 57.1 cm³/mol. The van der Waals surface area contributed by atoms with Gasteiger partial charge in [-0.2, -0.15) is 5.10 Å². The van der Waals surface area contributed by atoms with E-state index in [0.717, 1.165) is 16.9 Å². The van der Waals surface area contributed by atoms with E-state index in [9.17, 15) is 4.39 Å². The van der Waals surface area contributed by atoms with Crippen molar-refractivity contribution in [1.82, 2.24) is 10.2 Å². The molecule has 1 aromatic carbocycles. The molecule has 2 rings (SSSR count). The zero-order chi connectivity index (χ0) is 10.7. The minimum Gasteiger partial charge on any atom is -0.381 e. The summed E-state index contributed by atoms with van der Waals surface area (Å²) in [5.41, 5.74) is 3.06. The molecule has 0 spiro atoms. The van der Waals surface area contributed by atoms with E-state index < -0.39 is 0 Å². The molecule has 3 nitrogen and oxygen atoms in total. The van der Waals surface area contributed by atoms with E-state index in [-0.39, 0.29) is 5.82 Å². The second-order valence-corrected chi connectivity index (χ2v) is 3.38. The van der Waals surface area contributed by atoms with E-state index in [0.29, 0.717) is 6.54 Å². The van der Waals surface area contributed by atoms with Crippen LogP contribution >= 0.6 is 0 Å². The molecule has 2 N–H and O–H groups in total. The number of nitrogens with one attached hydrogen (secondary N) is 2. The van der Waals surface area contributed by atoms with Crippen molar-refractivity contribution in [2.24, 2.45) is 0 Å². The van der Waals surface area contributed by atoms with Gasteiger partial charge < -0.3 is 5.32 Å². The van der Waals surface area contributed by atoms with Gasteiger partial charge in [-0.05, 0) is 31.2 Å². The van der Waals surface area contributed by atoms with Crippen molar-refractivity contribution in [3.05, 3.63) is 47.5 Å². The van der Waals surface area contributed by atoms with Gasteiger partial charge in [0.15, 0.2) is 0 Å². The number of nitrogens with zero attached hydrogens (tertiary/aromatic N) is 1. The molecule has 2 aromatic rings. The Balaban J connectivity index is 1.99. The van der Waals surface area contributed by atoms with Crippen LogP contribution in [0.15, 0.2) is 30.5 Å². The lowest BCUT2D eigenvalue weighted by Crippen LogP contribution is -1.99. The van der Waals surface area contributed by atoms with Gasteiger partial charge in [-0.15, -0.1) is 0 Å². The van der Waals surface area contributed by atoms with E-state index >= 15 is 0 Å². The molecular formula is C11H12FN3. The summed E-state index contributed by atoms with van der Waals surface area (Å²) in [4.78, 5) is 0. The fraction of sp³-hybridized carbons (Fsp3) is 0.182. The van der Waals surface area contributed by atoms with Crippen molar-refractivity contribution in [3.63, 3.8) is 0 Å². The van der Waals surface area contributed by atoms with Crippen molar-refractivity contribution >= 4 is 5.69 Å². The first-order chi connectivity index (χ1) is 7.25. The number of rotatable bonds is 3. The number of hydrogen-bond donors (Lipinski definition) is 2. The molecule has 1 aromatic heterocycles. The van der Waals surface area contributed by atoms with Crippen LogP contribution in [0.1, 0.15) is 11.3 Å². The maximum atomic E-state index is 12.6. The van der Waals surface area contributed by atoms with Crippen LogP contribution in [-0.2, 0) is 6.54 Å². The van der Waals surface area contributed by atoms with Crippen LogP contribution in [-0.4, -0.2) is 10.2 Å². The Morgan fingerprint density at radius 2 is 2.07 bits per heavy atom. The average molecular weight is 205 g/mol. The van der Waals surface area contributed by atoms with Gasteiger partial charge in [-0.3, -0.25) is 5.10 Å². The monoisotopic (exact) mass is 205 g/mol. The van der Waals surface area contributed by atoms with Crippen molar-refractivity contribution in [2.75, 3.05) is 5.32 Å². The summed E-state index contributed by atoms with van der Waals surface area (Å²) in [5, 5.41) is 9.98. The minimum absolute atomic E-state index is 0.222. The van der Waals surface area contributed by atoms with E-state index in [4.69, 9.17) is 0 Å². The van der Waals surface area contributed by atoms with E-state index in [1.54, 1.807) is 18.3 Å². The zero-order valence-corrected chi connectivity index (χ0v) is 8.42. The lowest BCUT2D eigenvalue weighted by molar-refractivity contribution is 0.628.